The van der Waals surface area contributed by atoms with Crippen molar-refractivity contribution in [2.75, 3.05) is 18.8 Å². The van der Waals surface area contributed by atoms with E-state index in [-0.39, 0.29) is 17.9 Å². The van der Waals surface area contributed by atoms with Gasteiger partial charge in [0.2, 0.25) is 5.91 Å². The number of halogens is 2. The number of rotatable bonds is 5. The maximum absolute atomic E-state index is 14.1. The van der Waals surface area contributed by atoms with Crippen LogP contribution in [0.4, 0.5) is 14.5 Å². The number of anilines is 1. The highest BCUT2D eigenvalue weighted by atomic mass is 19.1. The van der Waals surface area contributed by atoms with Gasteiger partial charge in [-0.05, 0) is 37.3 Å². The summed E-state index contributed by atoms with van der Waals surface area (Å²) in [6.07, 6.45) is 1.80. The Hall–Kier alpha value is -3.29. The van der Waals surface area contributed by atoms with Crippen molar-refractivity contribution in [1.29, 1.82) is 0 Å². The molecule has 0 atom stereocenters. The number of amides is 1. The van der Waals surface area contributed by atoms with Crippen molar-refractivity contribution in [1.82, 2.24) is 19.7 Å². The van der Waals surface area contributed by atoms with Gasteiger partial charge in [-0.2, -0.15) is 5.10 Å². The number of benzene rings is 1. The zero-order valence-electron chi connectivity index (χ0n) is 16.0. The molecule has 0 spiro atoms. The fraction of sp³-hybridized carbons (Fsp3) is 0.286. The monoisotopic (exact) mass is 397 g/mol. The summed E-state index contributed by atoms with van der Waals surface area (Å²) >= 11 is 0. The minimum atomic E-state index is -0.709. The number of likely N-dealkylation sites (tertiary alicyclic amines) is 1. The minimum Gasteiger partial charge on any atom is -0.397 e. The largest absolute Gasteiger partial charge is 0.397 e. The molecule has 0 bridgehead atoms. The Bertz CT molecular complexity index is 1060. The zero-order chi connectivity index (χ0) is 20.5. The van der Waals surface area contributed by atoms with Crippen molar-refractivity contribution < 1.29 is 13.6 Å². The van der Waals surface area contributed by atoms with Gasteiger partial charge in [-0.15, -0.1) is 0 Å². The highest BCUT2D eigenvalue weighted by Crippen LogP contribution is 2.25. The van der Waals surface area contributed by atoms with E-state index in [9.17, 15) is 13.6 Å². The van der Waals surface area contributed by atoms with Crippen LogP contribution in [0, 0.1) is 24.5 Å². The Morgan fingerprint density at radius 1 is 1.21 bits per heavy atom. The standard InChI is InChI=1S/C21H21F2N5O/c1-13-6-7-25-28(13)12-14-10-27(11-14)21(29)9-20-18(24)4-5-19(26-20)16-3-2-15(22)8-17(16)23/h2-8,14H,9-12,24H2,1H3. The van der Waals surface area contributed by atoms with Crippen LogP contribution in [0.5, 0.6) is 0 Å². The van der Waals surface area contributed by atoms with Crippen LogP contribution < -0.4 is 5.73 Å². The molecule has 0 saturated carbocycles. The van der Waals surface area contributed by atoms with Gasteiger partial charge in [-0.25, -0.2) is 8.78 Å². The van der Waals surface area contributed by atoms with Gasteiger partial charge in [-0.3, -0.25) is 14.5 Å². The Morgan fingerprint density at radius 3 is 2.69 bits per heavy atom. The van der Waals surface area contributed by atoms with Crippen LogP contribution in [-0.2, 0) is 17.8 Å². The number of nitrogens with zero attached hydrogens (tertiary/aromatic N) is 4. The number of pyridine rings is 1. The van der Waals surface area contributed by atoms with E-state index in [1.54, 1.807) is 23.2 Å². The van der Waals surface area contributed by atoms with Crippen molar-refractivity contribution in [2.45, 2.75) is 19.9 Å². The van der Waals surface area contributed by atoms with Crippen LogP contribution in [0.25, 0.3) is 11.3 Å². The quantitative estimate of drug-likeness (QED) is 0.718. The van der Waals surface area contributed by atoms with Crippen molar-refractivity contribution in [3.8, 4) is 11.3 Å². The van der Waals surface area contributed by atoms with E-state index in [4.69, 9.17) is 5.73 Å². The van der Waals surface area contributed by atoms with Crippen molar-refractivity contribution in [3.63, 3.8) is 0 Å². The fourth-order valence-electron chi connectivity index (χ4n) is 3.48. The molecule has 2 N–H and O–H groups in total. The lowest BCUT2D eigenvalue weighted by Crippen LogP contribution is -2.52. The van der Waals surface area contributed by atoms with Gasteiger partial charge < -0.3 is 10.6 Å². The molecule has 1 aliphatic rings. The Balaban J connectivity index is 1.42. The summed E-state index contributed by atoms with van der Waals surface area (Å²) in [5.74, 6) is -1.08. The number of aromatic nitrogens is 3. The van der Waals surface area contributed by atoms with E-state index in [1.165, 1.54) is 12.1 Å². The normalized spacial score (nSPS) is 14.1. The average Bonchev–Trinajstić information content (AvgIpc) is 3.04. The van der Waals surface area contributed by atoms with Gasteiger partial charge in [0, 0.05) is 49.1 Å². The van der Waals surface area contributed by atoms with E-state index in [0.717, 1.165) is 18.3 Å². The predicted molar refractivity (Wildman–Crippen MR) is 105 cm³/mol. The second kappa shape index (κ2) is 7.62. The third kappa shape index (κ3) is 3.96. The molecule has 3 aromatic rings. The molecule has 2 aromatic heterocycles. The Morgan fingerprint density at radius 2 is 2.00 bits per heavy atom. The molecule has 0 aliphatic carbocycles. The van der Waals surface area contributed by atoms with Gasteiger partial charge in [-0.1, -0.05) is 0 Å². The molecule has 8 heteroatoms. The van der Waals surface area contributed by atoms with Crippen LogP contribution >= 0.6 is 0 Å². The topological polar surface area (TPSA) is 77.0 Å². The molecule has 29 heavy (non-hydrogen) atoms. The molecule has 1 fully saturated rings. The van der Waals surface area contributed by atoms with Crippen LogP contribution in [0.1, 0.15) is 11.4 Å². The number of carbonyl (C=O) groups is 1. The maximum Gasteiger partial charge on any atom is 0.228 e. The Labute approximate surface area is 167 Å². The first kappa shape index (κ1) is 19.0. The van der Waals surface area contributed by atoms with Gasteiger partial charge in [0.15, 0.2) is 0 Å². The van der Waals surface area contributed by atoms with Crippen molar-refractivity contribution in [3.05, 3.63) is 65.6 Å². The molecule has 0 unspecified atom stereocenters. The summed E-state index contributed by atoms with van der Waals surface area (Å²) < 4.78 is 29.1. The second-order valence-corrected chi connectivity index (χ2v) is 7.35. The van der Waals surface area contributed by atoms with Crippen LogP contribution in [-0.4, -0.2) is 38.7 Å². The van der Waals surface area contributed by atoms with E-state index in [0.29, 0.717) is 36.1 Å². The third-order valence-electron chi connectivity index (χ3n) is 5.21. The maximum atomic E-state index is 14.1. The molecule has 6 nitrogen and oxygen atoms in total. The van der Waals surface area contributed by atoms with Gasteiger partial charge in [0.05, 0.1) is 23.5 Å². The van der Waals surface area contributed by atoms with Crippen molar-refractivity contribution >= 4 is 11.6 Å². The highest BCUT2D eigenvalue weighted by Gasteiger charge is 2.31. The smallest absolute Gasteiger partial charge is 0.228 e. The lowest BCUT2D eigenvalue weighted by atomic mass is 9.99. The highest BCUT2D eigenvalue weighted by molar-refractivity contribution is 5.81. The second-order valence-electron chi connectivity index (χ2n) is 7.35. The molecule has 1 aromatic carbocycles. The van der Waals surface area contributed by atoms with E-state index < -0.39 is 11.6 Å². The molecule has 4 rings (SSSR count). The van der Waals surface area contributed by atoms with Gasteiger partial charge >= 0.3 is 0 Å². The third-order valence-corrected chi connectivity index (χ3v) is 5.21. The number of carbonyl (C=O) groups excluding carboxylic acids is 1. The lowest BCUT2D eigenvalue weighted by molar-refractivity contribution is -0.137. The van der Waals surface area contributed by atoms with E-state index in [1.807, 2.05) is 17.7 Å². The number of nitrogens with two attached hydrogens (primary N) is 1. The SMILES string of the molecule is Cc1ccnn1CC1CN(C(=O)Cc2nc(-c3ccc(F)cc3F)ccc2N)C1. The molecule has 1 amide bonds. The predicted octanol–water partition coefficient (Wildman–Crippen LogP) is 2.82. The fourth-order valence-corrected chi connectivity index (χ4v) is 3.48. The minimum absolute atomic E-state index is 0.0377. The van der Waals surface area contributed by atoms with Crippen molar-refractivity contribution in [2.24, 2.45) is 5.92 Å². The molecule has 1 saturated heterocycles. The number of nitrogen functional groups attached to an aromatic ring is 1. The first-order valence-corrected chi connectivity index (χ1v) is 9.37. The summed E-state index contributed by atoms with van der Waals surface area (Å²) in [5.41, 5.74) is 8.31. The summed E-state index contributed by atoms with van der Waals surface area (Å²) in [6.45, 7) is 4.09. The van der Waals surface area contributed by atoms with E-state index in [2.05, 4.69) is 10.1 Å². The summed E-state index contributed by atoms with van der Waals surface area (Å²) in [7, 11) is 0. The van der Waals surface area contributed by atoms with Crippen LogP contribution in [0.15, 0.2) is 42.6 Å². The Kier molecular flexibility index (Phi) is 5.00. The molecular formula is C21H21F2N5O. The van der Waals surface area contributed by atoms with E-state index >= 15 is 0 Å². The molecule has 150 valence electrons. The molecule has 1 aliphatic heterocycles. The lowest BCUT2D eigenvalue weighted by Gasteiger charge is -2.39. The van der Waals surface area contributed by atoms with Crippen LogP contribution in [0.2, 0.25) is 0 Å². The first-order valence-electron chi connectivity index (χ1n) is 9.37. The average molecular weight is 397 g/mol. The number of aryl methyl sites for hydroxylation is 1. The van der Waals surface area contributed by atoms with Gasteiger partial charge in [0.1, 0.15) is 11.6 Å². The van der Waals surface area contributed by atoms with Crippen LogP contribution in [0.3, 0.4) is 0 Å². The summed E-state index contributed by atoms with van der Waals surface area (Å²) in [5, 5.41) is 4.27. The van der Waals surface area contributed by atoms with Gasteiger partial charge in [0.25, 0.3) is 0 Å². The molecule has 3 heterocycles. The molecular weight excluding hydrogens is 376 g/mol. The first-order chi connectivity index (χ1) is 13.9. The zero-order valence-corrected chi connectivity index (χ0v) is 16.0. The number of hydrogen-bond acceptors (Lipinski definition) is 4. The summed E-state index contributed by atoms with van der Waals surface area (Å²) in [4.78, 5) is 18.7. The number of hydrogen-bond donors (Lipinski definition) is 1. The summed E-state index contributed by atoms with van der Waals surface area (Å²) in [6, 6.07) is 8.40. The molecule has 0 radical (unpaired) electrons.